The number of rotatable bonds is 8. The van der Waals surface area contributed by atoms with E-state index >= 15 is 0 Å². The largest absolute Gasteiger partial charge is 0.377 e. The van der Waals surface area contributed by atoms with Crippen molar-refractivity contribution in [3.8, 4) is 0 Å². The van der Waals surface area contributed by atoms with E-state index in [9.17, 15) is 0 Å². The van der Waals surface area contributed by atoms with E-state index in [1.807, 2.05) is 18.5 Å². The minimum atomic E-state index is 0.278. The van der Waals surface area contributed by atoms with Crippen LogP contribution in [0.5, 0.6) is 0 Å². The lowest BCUT2D eigenvalue weighted by molar-refractivity contribution is 0.0323. The molecule has 0 aliphatic carbocycles. The highest BCUT2D eigenvalue weighted by Crippen LogP contribution is 2.10. The number of hydrogen-bond donors (Lipinski definition) is 1. The smallest absolute Gasteiger partial charge is 0.0728 e. The van der Waals surface area contributed by atoms with E-state index in [4.69, 9.17) is 4.74 Å². The highest BCUT2D eigenvalue weighted by Gasteiger charge is 2.19. The molecule has 1 rings (SSSR count). The SMILES string of the molecule is CCNC(Cc1cccnc1)C(CC)OCC. The van der Waals surface area contributed by atoms with Gasteiger partial charge in [-0.2, -0.15) is 0 Å². The fourth-order valence-corrected chi connectivity index (χ4v) is 2.10. The summed E-state index contributed by atoms with van der Waals surface area (Å²) in [4.78, 5) is 4.16. The van der Waals surface area contributed by atoms with Crippen LogP contribution in [0.2, 0.25) is 0 Å². The summed E-state index contributed by atoms with van der Waals surface area (Å²) < 4.78 is 5.80. The normalized spacial score (nSPS) is 14.5. The standard InChI is InChI=1S/C14H24N2O/c1-4-14(17-6-3)13(16-5-2)10-12-8-7-9-15-11-12/h7-9,11,13-14,16H,4-6,10H2,1-3H3. The number of nitrogens with zero attached hydrogens (tertiary/aromatic N) is 1. The molecule has 0 saturated carbocycles. The molecule has 1 aromatic heterocycles. The van der Waals surface area contributed by atoms with Crippen LogP contribution in [0.3, 0.4) is 0 Å². The number of aromatic nitrogens is 1. The molecule has 17 heavy (non-hydrogen) atoms. The van der Waals surface area contributed by atoms with Crippen LogP contribution in [0.15, 0.2) is 24.5 Å². The molecule has 0 aromatic carbocycles. The molecule has 0 aliphatic heterocycles. The van der Waals surface area contributed by atoms with Gasteiger partial charge in [0.1, 0.15) is 0 Å². The van der Waals surface area contributed by atoms with Crippen molar-refractivity contribution >= 4 is 0 Å². The predicted molar refractivity (Wildman–Crippen MR) is 71.1 cm³/mol. The van der Waals surface area contributed by atoms with Crippen molar-refractivity contribution in [2.75, 3.05) is 13.2 Å². The molecule has 3 heteroatoms. The molecule has 0 amide bonds. The Morgan fingerprint density at radius 2 is 2.18 bits per heavy atom. The van der Waals surface area contributed by atoms with Gasteiger partial charge in [0.25, 0.3) is 0 Å². The van der Waals surface area contributed by atoms with Crippen molar-refractivity contribution in [2.45, 2.75) is 45.8 Å². The Bertz CT molecular complexity index is 290. The number of pyridine rings is 1. The average molecular weight is 236 g/mol. The maximum atomic E-state index is 5.80. The molecule has 1 aromatic rings. The molecule has 0 fully saturated rings. The van der Waals surface area contributed by atoms with Crippen LogP contribution in [0.25, 0.3) is 0 Å². The van der Waals surface area contributed by atoms with Crippen LogP contribution < -0.4 is 5.32 Å². The van der Waals surface area contributed by atoms with Gasteiger partial charge in [-0.1, -0.05) is 19.9 Å². The molecule has 2 unspecified atom stereocenters. The van der Waals surface area contributed by atoms with E-state index in [2.05, 4.69) is 37.1 Å². The van der Waals surface area contributed by atoms with Gasteiger partial charge in [0.2, 0.25) is 0 Å². The van der Waals surface area contributed by atoms with E-state index in [0.717, 1.165) is 26.0 Å². The van der Waals surface area contributed by atoms with Gasteiger partial charge in [-0.3, -0.25) is 4.98 Å². The van der Waals surface area contributed by atoms with Gasteiger partial charge in [0, 0.05) is 25.0 Å². The second kappa shape index (κ2) is 8.20. The second-order valence-electron chi connectivity index (χ2n) is 4.13. The van der Waals surface area contributed by atoms with Gasteiger partial charge in [-0.15, -0.1) is 0 Å². The maximum absolute atomic E-state index is 5.80. The Morgan fingerprint density at radius 1 is 1.35 bits per heavy atom. The Hall–Kier alpha value is -0.930. The minimum Gasteiger partial charge on any atom is -0.377 e. The average Bonchev–Trinajstić information content (AvgIpc) is 2.37. The summed E-state index contributed by atoms with van der Waals surface area (Å²) in [6.07, 6.45) is 6.03. The molecule has 96 valence electrons. The minimum absolute atomic E-state index is 0.278. The van der Waals surface area contributed by atoms with Gasteiger partial charge in [0.15, 0.2) is 0 Å². The zero-order valence-electron chi connectivity index (χ0n) is 11.1. The van der Waals surface area contributed by atoms with Crippen LogP contribution in [0, 0.1) is 0 Å². The van der Waals surface area contributed by atoms with Crippen LogP contribution in [0.4, 0.5) is 0 Å². The number of hydrogen-bond acceptors (Lipinski definition) is 3. The number of likely N-dealkylation sites (N-methyl/N-ethyl adjacent to an activating group) is 1. The molecule has 0 saturated heterocycles. The zero-order valence-corrected chi connectivity index (χ0v) is 11.1. The summed E-state index contributed by atoms with van der Waals surface area (Å²) >= 11 is 0. The van der Waals surface area contributed by atoms with Crippen LogP contribution >= 0.6 is 0 Å². The lowest BCUT2D eigenvalue weighted by Gasteiger charge is -2.27. The van der Waals surface area contributed by atoms with Crippen molar-refractivity contribution in [3.05, 3.63) is 30.1 Å². The molecular formula is C14H24N2O. The molecule has 0 aliphatic rings. The third kappa shape index (κ3) is 4.84. The summed E-state index contributed by atoms with van der Waals surface area (Å²) in [5.74, 6) is 0. The fraction of sp³-hybridized carbons (Fsp3) is 0.643. The van der Waals surface area contributed by atoms with Crippen molar-refractivity contribution in [1.29, 1.82) is 0 Å². The van der Waals surface area contributed by atoms with Gasteiger partial charge >= 0.3 is 0 Å². The van der Waals surface area contributed by atoms with Gasteiger partial charge in [-0.25, -0.2) is 0 Å². The topological polar surface area (TPSA) is 34.2 Å². The molecule has 0 spiro atoms. The predicted octanol–water partition coefficient (Wildman–Crippen LogP) is 2.42. The summed E-state index contributed by atoms with van der Waals surface area (Å²) in [7, 11) is 0. The molecule has 2 atom stereocenters. The van der Waals surface area contributed by atoms with E-state index in [1.165, 1.54) is 5.56 Å². The number of nitrogens with one attached hydrogen (secondary N) is 1. The molecule has 3 nitrogen and oxygen atoms in total. The first-order valence-corrected chi connectivity index (χ1v) is 6.55. The van der Waals surface area contributed by atoms with Gasteiger partial charge in [0.05, 0.1) is 6.10 Å². The highest BCUT2D eigenvalue weighted by atomic mass is 16.5. The first-order valence-electron chi connectivity index (χ1n) is 6.55. The lowest BCUT2D eigenvalue weighted by atomic mass is 10.0. The van der Waals surface area contributed by atoms with E-state index in [0.29, 0.717) is 6.04 Å². The highest BCUT2D eigenvalue weighted by molar-refractivity contribution is 5.10. The quantitative estimate of drug-likeness (QED) is 0.752. The third-order valence-electron chi connectivity index (χ3n) is 2.88. The summed E-state index contributed by atoms with van der Waals surface area (Å²) in [6, 6.07) is 4.48. The molecule has 1 heterocycles. The van der Waals surface area contributed by atoms with Gasteiger partial charge < -0.3 is 10.1 Å². The monoisotopic (exact) mass is 236 g/mol. The lowest BCUT2D eigenvalue weighted by Crippen LogP contribution is -2.42. The van der Waals surface area contributed by atoms with Crippen LogP contribution in [-0.2, 0) is 11.2 Å². The second-order valence-corrected chi connectivity index (χ2v) is 4.13. The Balaban J connectivity index is 2.64. The van der Waals surface area contributed by atoms with E-state index in [1.54, 1.807) is 0 Å². The molecule has 0 radical (unpaired) electrons. The van der Waals surface area contributed by atoms with Crippen molar-refractivity contribution in [1.82, 2.24) is 10.3 Å². The maximum Gasteiger partial charge on any atom is 0.0728 e. The Labute approximate surface area is 105 Å². The Kier molecular flexibility index (Phi) is 6.82. The van der Waals surface area contributed by atoms with E-state index < -0.39 is 0 Å². The first kappa shape index (κ1) is 14.1. The summed E-state index contributed by atoms with van der Waals surface area (Å²) in [5.41, 5.74) is 1.26. The van der Waals surface area contributed by atoms with Crippen LogP contribution in [-0.4, -0.2) is 30.3 Å². The van der Waals surface area contributed by atoms with Crippen molar-refractivity contribution in [3.63, 3.8) is 0 Å². The molecular weight excluding hydrogens is 212 g/mol. The fourth-order valence-electron chi connectivity index (χ4n) is 2.10. The summed E-state index contributed by atoms with van der Waals surface area (Å²) in [6.45, 7) is 8.10. The third-order valence-corrected chi connectivity index (χ3v) is 2.88. The van der Waals surface area contributed by atoms with Gasteiger partial charge in [-0.05, 0) is 37.9 Å². The summed E-state index contributed by atoms with van der Waals surface area (Å²) in [5, 5.41) is 3.51. The molecule has 1 N–H and O–H groups in total. The van der Waals surface area contributed by atoms with Crippen LogP contribution in [0.1, 0.15) is 32.8 Å². The molecule has 0 bridgehead atoms. The number of ether oxygens (including phenoxy) is 1. The Morgan fingerprint density at radius 3 is 2.71 bits per heavy atom. The van der Waals surface area contributed by atoms with Crippen molar-refractivity contribution < 1.29 is 4.74 Å². The van der Waals surface area contributed by atoms with E-state index in [-0.39, 0.29) is 6.10 Å². The van der Waals surface area contributed by atoms with Crippen molar-refractivity contribution in [2.24, 2.45) is 0 Å². The zero-order chi connectivity index (χ0) is 12.5. The first-order chi connectivity index (χ1) is 8.31.